The van der Waals surface area contributed by atoms with E-state index in [1.165, 1.54) is 51.4 Å². The predicted octanol–water partition coefficient (Wildman–Crippen LogP) is 7.37. The molecule has 2 unspecified atom stereocenters. The van der Waals surface area contributed by atoms with Crippen molar-refractivity contribution in [2.45, 2.75) is 92.9 Å². The standard InChI is InChI=1S/C28H42O/c1-17(2)7-8-18(3)19(4)22-9-10-23-21-15-25(29)28-16-20(28)11-14-27(28,6)24(21)12-13-26(22,23)5/h8,15,17,19-20,22-24H,7,9-14,16H2,1-6H3/t19-,20?,22-,23+,24+,26-,27-,28?/m1/s1. The van der Waals surface area contributed by atoms with Crippen LogP contribution in [0.4, 0.5) is 0 Å². The number of hydrogen-bond donors (Lipinski definition) is 0. The Morgan fingerprint density at radius 3 is 2.55 bits per heavy atom. The van der Waals surface area contributed by atoms with Crippen LogP contribution in [0.15, 0.2) is 23.3 Å². The van der Waals surface area contributed by atoms with Crippen molar-refractivity contribution in [3.63, 3.8) is 0 Å². The number of allylic oxidation sites excluding steroid dienone is 4. The lowest BCUT2D eigenvalue weighted by molar-refractivity contribution is -0.127. The summed E-state index contributed by atoms with van der Waals surface area (Å²) in [6.07, 6.45) is 15.1. The van der Waals surface area contributed by atoms with Gasteiger partial charge in [-0.1, -0.05) is 51.8 Å². The first-order valence-electron chi connectivity index (χ1n) is 12.6. The van der Waals surface area contributed by atoms with Gasteiger partial charge in [-0.25, -0.2) is 0 Å². The molecule has 0 aromatic carbocycles. The smallest absolute Gasteiger partial charge is 0.162 e. The number of carbonyl (C=O) groups is 1. The average Bonchev–Trinajstić information content (AvgIpc) is 3.20. The van der Waals surface area contributed by atoms with Crippen LogP contribution in [-0.2, 0) is 4.79 Å². The van der Waals surface area contributed by atoms with Gasteiger partial charge in [-0.05, 0) is 111 Å². The number of carbonyl (C=O) groups excluding carboxylic acids is 1. The highest BCUT2D eigenvalue weighted by atomic mass is 16.1. The predicted molar refractivity (Wildman–Crippen MR) is 120 cm³/mol. The van der Waals surface area contributed by atoms with E-state index in [4.69, 9.17) is 0 Å². The topological polar surface area (TPSA) is 17.1 Å². The zero-order chi connectivity index (χ0) is 20.8. The Kier molecular flexibility index (Phi) is 4.38. The molecule has 160 valence electrons. The molecule has 1 nitrogen and oxygen atoms in total. The van der Waals surface area contributed by atoms with Gasteiger partial charge < -0.3 is 0 Å². The van der Waals surface area contributed by atoms with E-state index >= 15 is 0 Å². The van der Waals surface area contributed by atoms with Crippen LogP contribution < -0.4 is 0 Å². The van der Waals surface area contributed by atoms with Crippen molar-refractivity contribution in [1.82, 2.24) is 0 Å². The molecule has 5 rings (SSSR count). The van der Waals surface area contributed by atoms with E-state index in [0.717, 1.165) is 17.8 Å². The monoisotopic (exact) mass is 394 g/mol. The summed E-state index contributed by atoms with van der Waals surface area (Å²) in [6, 6.07) is 0. The quantitative estimate of drug-likeness (QED) is 0.455. The van der Waals surface area contributed by atoms with Gasteiger partial charge in [0.25, 0.3) is 0 Å². The maximum atomic E-state index is 13.4. The van der Waals surface area contributed by atoms with Crippen LogP contribution in [0.5, 0.6) is 0 Å². The van der Waals surface area contributed by atoms with Crippen LogP contribution in [0, 0.1) is 51.8 Å². The molecule has 0 aliphatic heterocycles. The molecule has 0 N–H and O–H groups in total. The summed E-state index contributed by atoms with van der Waals surface area (Å²) < 4.78 is 0. The molecule has 4 saturated carbocycles. The zero-order valence-corrected chi connectivity index (χ0v) is 19.7. The fraction of sp³-hybridized carbons (Fsp3) is 0.821. The highest BCUT2D eigenvalue weighted by Crippen LogP contribution is 2.79. The van der Waals surface area contributed by atoms with Crippen molar-refractivity contribution in [2.24, 2.45) is 51.8 Å². The molecule has 0 aromatic heterocycles. The van der Waals surface area contributed by atoms with Crippen LogP contribution in [0.1, 0.15) is 92.9 Å². The van der Waals surface area contributed by atoms with Gasteiger partial charge in [0.1, 0.15) is 0 Å². The van der Waals surface area contributed by atoms with Gasteiger partial charge in [-0.15, -0.1) is 0 Å². The molecule has 1 spiro atoms. The van der Waals surface area contributed by atoms with Gasteiger partial charge in [0.05, 0.1) is 0 Å². The van der Waals surface area contributed by atoms with Gasteiger partial charge in [0, 0.05) is 5.41 Å². The van der Waals surface area contributed by atoms with E-state index in [2.05, 4.69) is 53.7 Å². The molecule has 0 saturated heterocycles. The molecule has 1 heteroatoms. The van der Waals surface area contributed by atoms with Crippen LogP contribution >= 0.6 is 0 Å². The molecule has 5 aliphatic rings. The zero-order valence-electron chi connectivity index (χ0n) is 19.7. The third-order valence-electron chi connectivity index (χ3n) is 11.1. The summed E-state index contributed by atoms with van der Waals surface area (Å²) >= 11 is 0. The SMILES string of the molecule is CC(=CCC(C)C)[C@@H](C)[C@H]1CC[C@H]2C3=CC(=O)C45CC4CC[C@]5(C)[C@H]3CC[C@]12C. The molecule has 4 fully saturated rings. The average molecular weight is 395 g/mol. The second-order valence-corrected chi connectivity index (χ2v) is 12.5. The molecule has 29 heavy (non-hydrogen) atoms. The van der Waals surface area contributed by atoms with Crippen LogP contribution in [-0.4, -0.2) is 5.78 Å². The fourth-order valence-corrected chi connectivity index (χ4v) is 9.09. The Morgan fingerprint density at radius 2 is 1.86 bits per heavy atom. The third-order valence-corrected chi connectivity index (χ3v) is 11.1. The minimum atomic E-state index is 0.0659. The van der Waals surface area contributed by atoms with E-state index in [9.17, 15) is 4.79 Å². The highest BCUT2D eigenvalue weighted by molar-refractivity contribution is 6.00. The largest absolute Gasteiger partial charge is 0.294 e. The van der Waals surface area contributed by atoms with E-state index < -0.39 is 0 Å². The lowest BCUT2D eigenvalue weighted by Crippen LogP contribution is -2.50. The first-order chi connectivity index (χ1) is 13.6. The molecule has 0 radical (unpaired) electrons. The van der Waals surface area contributed by atoms with E-state index in [1.54, 1.807) is 11.1 Å². The number of fused-ring (bicyclic) bond motifs is 4. The van der Waals surface area contributed by atoms with Crippen molar-refractivity contribution in [1.29, 1.82) is 0 Å². The maximum absolute atomic E-state index is 13.4. The van der Waals surface area contributed by atoms with Crippen molar-refractivity contribution < 1.29 is 4.79 Å². The molecule has 0 aromatic rings. The molecule has 0 heterocycles. The lowest BCUT2D eigenvalue weighted by atomic mass is 9.49. The lowest BCUT2D eigenvalue weighted by Gasteiger charge is -2.55. The normalized spacial score (nSPS) is 49.3. The number of ketones is 1. The molecule has 0 bridgehead atoms. The molecular formula is C28H42O. The van der Waals surface area contributed by atoms with Crippen molar-refractivity contribution >= 4 is 5.78 Å². The number of hydrogen-bond acceptors (Lipinski definition) is 1. The van der Waals surface area contributed by atoms with Crippen molar-refractivity contribution in [2.75, 3.05) is 0 Å². The minimum Gasteiger partial charge on any atom is -0.294 e. The fourth-order valence-electron chi connectivity index (χ4n) is 9.09. The summed E-state index contributed by atoms with van der Waals surface area (Å²) in [7, 11) is 0. The van der Waals surface area contributed by atoms with E-state index in [1.807, 2.05) is 0 Å². The molecule has 0 amide bonds. The Morgan fingerprint density at radius 1 is 1.10 bits per heavy atom. The van der Waals surface area contributed by atoms with E-state index in [0.29, 0.717) is 29.0 Å². The first-order valence-corrected chi connectivity index (χ1v) is 12.6. The Labute approximate surface area is 178 Å². The van der Waals surface area contributed by atoms with Crippen LogP contribution in [0.25, 0.3) is 0 Å². The summed E-state index contributed by atoms with van der Waals surface area (Å²) in [5.74, 6) is 4.78. The van der Waals surface area contributed by atoms with Gasteiger partial charge in [-0.3, -0.25) is 4.79 Å². The van der Waals surface area contributed by atoms with E-state index in [-0.39, 0.29) is 10.8 Å². The Hall–Kier alpha value is -0.850. The summed E-state index contributed by atoms with van der Waals surface area (Å²) in [6.45, 7) is 14.6. The van der Waals surface area contributed by atoms with Gasteiger partial charge in [0.2, 0.25) is 0 Å². The van der Waals surface area contributed by atoms with Crippen molar-refractivity contribution in [3.05, 3.63) is 23.3 Å². The van der Waals surface area contributed by atoms with Gasteiger partial charge >= 0.3 is 0 Å². The third kappa shape index (κ3) is 2.48. The second kappa shape index (κ2) is 6.33. The second-order valence-electron chi connectivity index (χ2n) is 12.5. The first kappa shape index (κ1) is 20.1. The van der Waals surface area contributed by atoms with Gasteiger partial charge in [0.15, 0.2) is 5.78 Å². The molecule has 5 aliphatic carbocycles. The summed E-state index contributed by atoms with van der Waals surface area (Å²) in [4.78, 5) is 13.4. The van der Waals surface area contributed by atoms with Crippen molar-refractivity contribution in [3.8, 4) is 0 Å². The highest BCUT2D eigenvalue weighted by Gasteiger charge is 2.76. The summed E-state index contributed by atoms with van der Waals surface area (Å²) in [5.41, 5.74) is 3.93. The van der Waals surface area contributed by atoms with Gasteiger partial charge in [-0.2, -0.15) is 0 Å². The molecule has 8 atom stereocenters. The molecular weight excluding hydrogens is 352 g/mol. The maximum Gasteiger partial charge on any atom is 0.162 e. The van der Waals surface area contributed by atoms with Crippen LogP contribution in [0.2, 0.25) is 0 Å². The van der Waals surface area contributed by atoms with Crippen LogP contribution in [0.3, 0.4) is 0 Å². The number of rotatable bonds is 4. The minimum absolute atomic E-state index is 0.0659. The summed E-state index contributed by atoms with van der Waals surface area (Å²) in [5, 5.41) is 0. The Bertz CT molecular complexity index is 786. The Balaban J connectivity index is 1.44.